The Morgan fingerprint density at radius 3 is 2.57 bits per heavy atom. The number of nitrogens with one attached hydrogen (secondary N) is 1. The van der Waals surface area contributed by atoms with Gasteiger partial charge in [0.05, 0.1) is 17.1 Å². The Hall–Kier alpha value is -1.40. The second-order valence-corrected chi connectivity index (χ2v) is 8.31. The van der Waals surface area contributed by atoms with Crippen molar-refractivity contribution < 1.29 is 17.9 Å². The molecule has 1 N–H and O–H groups in total. The van der Waals surface area contributed by atoms with Crippen LogP contribution >= 0.6 is 0 Å². The molecule has 0 saturated carbocycles. The van der Waals surface area contributed by atoms with Crippen molar-refractivity contribution in [1.82, 2.24) is 5.32 Å². The highest BCUT2D eigenvalue weighted by atomic mass is 32.2. The maximum atomic E-state index is 12.3. The second kappa shape index (κ2) is 7.45. The molecule has 1 aromatic rings. The van der Waals surface area contributed by atoms with Crippen LogP contribution in [0.1, 0.15) is 42.6 Å². The van der Waals surface area contributed by atoms with Crippen molar-refractivity contribution in [2.75, 3.05) is 24.7 Å². The van der Waals surface area contributed by atoms with Gasteiger partial charge in [0.25, 0.3) is 5.91 Å². The topological polar surface area (TPSA) is 72.5 Å². The number of rotatable bonds is 6. The van der Waals surface area contributed by atoms with E-state index in [-0.39, 0.29) is 17.4 Å². The summed E-state index contributed by atoms with van der Waals surface area (Å²) >= 11 is 0. The molecule has 1 aromatic carbocycles. The van der Waals surface area contributed by atoms with Crippen LogP contribution in [0, 0.1) is 0 Å². The van der Waals surface area contributed by atoms with E-state index in [2.05, 4.69) is 5.32 Å². The van der Waals surface area contributed by atoms with Gasteiger partial charge < -0.3 is 10.1 Å². The highest BCUT2D eigenvalue weighted by Gasteiger charge is 2.38. The minimum Gasteiger partial charge on any atom is -0.373 e. The molecule has 0 aromatic heterocycles. The summed E-state index contributed by atoms with van der Waals surface area (Å²) in [5.41, 5.74) is 1.17. The fraction of sp³-hybridized carbons (Fsp3) is 0.588. The molecule has 1 aliphatic heterocycles. The smallest absolute Gasteiger partial charge is 0.251 e. The molecule has 1 heterocycles. The van der Waals surface area contributed by atoms with Crippen molar-refractivity contribution in [2.24, 2.45) is 0 Å². The third-order valence-electron chi connectivity index (χ3n) is 4.36. The Balaban J connectivity index is 2.02. The number of hydrogen-bond acceptors (Lipinski definition) is 4. The zero-order chi connectivity index (χ0) is 16.9. The van der Waals surface area contributed by atoms with Gasteiger partial charge in [0.15, 0.2) is 9.84 Å². The average molecular weight is 339 g/mol. The van der Waals surface area contributed by atoms with E-state index in [1.807, 2.05) is 32.0 Å². The van der Waals surface area contributed by atoms with Gasteiger partial charge in [-0.3, -0.25) is 4.79 Å². The second-order valence-electron chi connectivity index (χ2n) is 6.00. The van der Waals surface area contributed by atoms with Crippen LogP contribution in [0.15, 0.2) is 24.3 Å². The van der Waals surface area contributed by atoms with E-state index in [4.69, 9.17) is 4.74 Å². The van der Waals surface area contributed by atoms with E-state index < -0.39 is 15.4 Å². The quantitative estimate of drug-likeness (QED) is 0.860. The summed E-state index contributed by atoms with van der Waals surface area (Å²) in [5, 5.41) is 2.91. The third-order valence-corrected chi connectivity index (χ3v) is 6.01. The summed E-state index contributed by atoms with van der Waals surface area (Å²) < 4.78 is 29.1. The Kier molecular flexibility index (Phi) is 5.81. The minimum absolute atomic E-state index is 0.119. The molecule has 1 saturated heterocycles. The largest absolute Gasteiger partial charge is 0.373 e. The van der Waals surface area contributed by atoms with Gasteiger partial charge in [-0.1, -0.05) is 19.1 Å². The molecule has 0 spiro atoms. The van der Waals surface area contributed by atoms with E-state index in [0.29, 0.717) is 31.6 Å². The zero-order valence-corrected chi connectivity index (χ0v) is 14.6. The van der Waals surface area contributed by atoms with Crippen molar-refractivity contribution in [3.63, 3.8) is 0 Å². The Labute approximate surface area is 138 Å². The zero-order valence-electron chi connectivity index (χ0n) is 13.8. The van der Waals surface area contributed by atoms with E-state index in [1.54, 1.807) is 6.07 Å². The minimum atomic E-state index is -2.96. The molecule has 1 aliphatic rings. The molecule has 5 nitrogen and oxygen atoms in total. The number of sulfone groups is 1. The summed E-state index contributed by atoms with van der Waals surface area (Å²) in [7, 11) is -2.96. The van der Waals surface area contributed by atoms with Gasteiger partial charge in [-0.15, -0.1) is 0 Å². The van der Waals surface area contributed by atoms with Gasteiger partial charge in [-0.05, 0) is 43.9 Å². The van der Waals surface area contributed by atoms with Gasteiger partial charge in [-0.25, -0.2) is 8.42 Å². The van der Waals surface area contributed by atoms with Gasteiger partial charge >= 0.3 is 0 Å². The molecule has 1 fully saturated rings. The van der Waals surface area contributed by atoms with Crippen LogP contribution in [0.4, 0.5) is 0 Å². The molecular weight excluding hydrogens is 314 g/mol. The van der Waals surface area contributed by atoms with Crippen LogP contribution in [0.5, 0.6) is 0 Å². The van der Waals surface area contributed by atoms with Gasteiger partial charge in [-0.2, -0.15) is 0 Å². The lowest BCUT2D eigenvalue weighted by atomic mass is 9.96. The lowest BCUT2D eigenvalue weighted by molar-refractivity contribution is -0.0437. The number of carbonyl (C=O) groups excluding carboxylic acids is 1. The fourth-order valence-electron chi connectivity index (χ4n) is 2.86. The van der Waals surface area contributed by atoms with Crippen molar-refractivity contribution >= 4 is 15.7 Å². The Morgan fingerprint density at radius 2 is 1.96 bits per heavy atom. The average Bonchev–Trinajstić information content (AvgIpc) is 2.55. The molecule has 6 heteroatoms. The first-order valence-electron chi connectivity index (χ1n) is 8.11. The lowest BCUT2D eigenvalue weighted by Gasteiger charge is -2.36. The van der Waals surface area contributed by atoms with Crippen LogP contribution in [-0.2, 0) is 21.0 Å². The Bertz CT molecular complexity index is 640. The summed E-state index contributed by atoms with van der Waals surface area (Å²) in [4.78, 5) is 12.3. The van der Waals surface area contributed by atoms with Gasteiger partial charge in [0.1, 0.15) is 0 Å². The first kappa shape index (κ1) is 17.9. The number of benzene rings is 1. The summed E-state index contributed by atoms with van der Waals surface area (Å²) in [6.45, 7) is 4.77. The van der Waals surface area contributed by atoms with Crippen molar-refractivity contribution in [3.05, 3.63) is 35.4 Å². The maximum Gasteiger partial charge on any atom is 0.251 e. The van der Waals surface area contributed by atoms with Crippen LogP contribution in [0.25, 0.3) is 0 Å². The number of ether oxygens (including phenoxy) is 1. The summed E-state index contributed by atoms with van der Waals surface area (Å²) in [6.07, 6.45) is 1.73. The Morgan fingerprint density at radius 1 is 1.26 bits per heavy atom. The number of hydrogen-bond donors (Lipinski definition) is 1. The fourth-order valence-corrected chi connectivity index (χ4v) is 4.43. The highest BCUT2D eigenvalue weighted by Crippen LogP contribution is 2.27. The van der Waals surface area contributed by atoms with E-state index in [9.17, 15) is 13.2 Å². The van der Waals surface area contributed by atoms with Crippen LogP contribution in [0.2, 0.25) is 0 Å². The van der Waals surface area contributed by atoms with E-state index in [0.717, 1.165) is 12.0 Å². The van der Waals surface area contributed by atoms with Crippen molar-refractivity contribution in [2.45, 2.75) is 38.7 Å². The predicted octanol–water partition coefficient (Wildman–Crippen LogP) is 1.96. The number of carbonyl (C=O) groups is 1. The van der Waals surface area contributed by atoms with Gasteiger partial charge in [0, 0.05) is 18.7 Å². The first-order chi connectivity index (χ1) is 10.9. The van der Waals surface area contributed by atoms with Crippen LogP contribution in [-0.4, -0.2) is 44.6 Å². The molecule has 0 bridgehead atoms. The van der Waals surface area contributed by atoms with Gasteiger partial charge in [0.2, 0.25) is 0 Å². The first-order valence-corrected chi connectivity index (χ1v) is 9.93. The maximum absolute atomic E-state index is 12.3. The normalized spacial score (nSPS) is 19.2. The third kappa shape index (κ3) is 4.78. The van der Waals surface area contributed by atoms with Crippen molar-refractivity contribution in [1.29, 1.82) is 0 Å². The highest BCUT2D eigenvalue weighted by molar-refractivity contribution is 7.91. The monoisotopic (exact) mass is 339 g/mol. The molecule has 0 aliphatic carbocycles. The van der Waals surface area contributed by atoms with Crippen molar-refractivity contribution in [3.8, 4) is 0 Å². The SMILES string of the molecule is CCOC1(CNC(=O)c2cccc(CC)c2)CCS(=O)(=O)CC1. The predicted molar refractivity (Wildman–Crippen MR) is 90.4 cm³/mol. The van der Waals surface area contributed by atoms with Crippen LogP contribution < -0.4 is 5.32 Å². The molecular formula is C17H25NO4S. The molecule has 2 rings (SSSR count). The molecule has 23 heavy (non-hydrogen) atoms. The molecule has 128 valence electrons. The standard InChI is InChI=1S/C17H25NO4S/c1-3-14-6-5-7-15(12-14)16(19)18-13-17(22-4-2)8-10-23(20,21)11-9-17/h5-7,12H,3-4,8-11,13H2,1-2H3,(H,18,19). The summed E-state index contributed by atoms with van der Waals surface area (Å²) in [6, 6.07) is 7.53. The van der Waals surface area contributed by atoms with Crippen LogP contribution in [0.3, 0.4) is 0 Å². The molecule has 0 unspecified atom stereocenters. The number of amides is 1. The van der Waals surface area contributed by atoms with E-state index >= 15 is 0 Å². The number of aryl methyl sites for hydroxylation is 1. The molecule has 0 atom stereocenters. The lowest BCUT2D eigenvalue weighted by Crippen LogP contribution is -2.50. The van der Waals surface area contributed by atoms with E-state index in [1.165, 1.54) is 0 Å². The molecule has 0 radical (unpaired) electrons. The summed E-state index contributed by atoms with van der Waals surface area (Å²) in [5.74, 6) is 0.0929. The molecule has 1 amide bonds.